The molecular weight excluding hydrogens is 246 g/mol. The fourth-order valence-electron chi connectivity index (χ4n) is 3.39. The third-order valence-electron chi connectivity index (χ3n) is 4.35. The van der Waals surface area contributed by atoms with Crippen molar-refractivity contribution < 1.29 is 9.26 Å². The second kappa shape index (κ2) is 3.93. The highest BCUT2D eigenvalue weighted by atomic mass is 16.5. The maximum absolute atomic E-state index is 6.11. The van der Waals surface area contributed by atoms with Crippen LogP contribution in [0.4, 0.5) is 6.01 Å². The molecule has 102 valence electrons. The van der Waals surface area contributed by atoms with Crippen molar-refractivity contribution in [3.63, 3.8) is 0 Å². The second-order valence-electron chi connectivity index (χ2n) is 5.61. The average Bonchev–Trinajstić information content (AvgIpc) is 2.99. The minimum absolute atomic E-state index is 0.131. The van der Waals surface area contributed by atoms with Crippen molar-refractivity contribution in [3.05, 3.63) is 5.82 Å². The van der Waals surface area contributed by atoms with Crippen molar-refractivity contribution >= 4 is 12.0 Å². The van der Waals surface area contributed by atoms with Crippen LogP contribution in [0.2, 0.25) is 0 Å². The van der Waals surface area contributed by atoms with Gasteiger partial charge in [-0.05, 0) is 32.9 Å². The van der Waals surface area contributed by atoms with Crippen molar-refractivity contribution in [1.82, 2.24) is 15.0 Å². The predicted octanol–water partition coefficient (Wildman–Crippen LogP) is 0.641. The Labute approximate surface area is 111 Å². The number of nitrogens with zero attached hydrogens (tertiary/aromatic N) is 4. The van der Waals surface area contributed by atoms with E-state index in [1.54, 1.807) is 6.92 Å². The van der Waals surface area contributed by atoms with Gasteiger partial charge in [0.25, 0.3) is 6.02 Å². The van der Waals surface area contributed by atoms with Crippen molar-refractivity contribution in [2.24, 2.45) is 10.9 Å². The summed E-state index contributed by atoms with van der Waals surface area (Å²) in [5.74, 6) is 1.21. The highest BCUT2D eigenvalue weighted by Gasteiger charge is 2.51. The number of nitrogens with one attached hydrogen (secondary N) is 1. The van der Waals surface area contributed by atoms with Gasteiger partial charge in [0, 0.05) is 12.5 Å². The van der Waals surface area contributed by atoms with Crippen molar-refractivity contribution in [2.75, 3.05) is 31.5 Å². The number of rotatable bonds is 1. The van der Waals surface area contributed by atoms with Crippen LogP contribution in [-0.4, -0.2) is 52.8 Å². The lowest BCUT2D eigenvalue weighted by Gasteiger charge is -2.50. The van der Waals surface area contributed by atoms with Crippen LogP contribution < -0.4 is 5.32 Å². The van der Waals surface area contributed by atoms with Crippen LogP contribution in [0.15, 0.2) is 9.52 Å². The Hall–Kier alpha value is -1.63. The van der Waals surface area contributed by atoms with Crippen molar-refractivity contribution in [2.45, 2.75) is 25.4 Å². The lowest BCUT2D eigenvalue weighted by molar-refractivity contribution is -0.0829. The normalized spacial score (nSPS) is 36.4. The first-order valence-electron chi connectivity index (χ1n) is 6.77. The summed E-state index contributed by atoms with van der Waals surface area (Å²) in [6, 6.07) is 0.854. The Balaban J connectivity index is 1.47. The van der Waals surface area contributed by atoms with E-state index in [1.165, 1.54) is 25.9 Å². The summed E-state index contributed by atoms with van der Waals surface area (Å²) in [7, 11) is 0. The van der Waals surface area contributed by atoms with Crippen LogP contribution in [0.1, 0.15) is 18.7 Å². The fraction of sp³-hybridized carbons (Fsp3) is 0.750. The molecule has 1 aromatic heterocycles. The molecule has 5 rings (SSSR count). The van der Waals surface area contributed by atoms with Crippen molar-refractivity contribution in [3.8, 4) is 0 Å². The lowest BCUT2D eigenvalue weighted by atomic mass is 9.75. The third-order valence-corrected chi connectivity index (χ3v) is 4.35. The zero-order chi connectivity index (χ0) is 12.9. The van der Waals surface area contributed by atoms with Gasteiger partial charge in [0.2, 0.25) is 0 Å². The van der Waals surface area contributed by atoms with Crippen LogP contribution in [0.3, 0.4) is 0 Å². The highest BCUT2D eigenvalue weighted by Crippen LogP contribution is 2.40. The minimum atomic E-state index is -0.131. The molecule has 0 radical (unpaired) electrons. The summed E-state index contributed by atoms with van der Waals surface area (Å²) in [6.07, 6.45) is 2.42. The van der Waals surface area contributed by atoms with Gasteiger partial charge in [-0.25, -0.2) is 4.99 Å². The molecule has 0 amide bonds. The summed E-state index contributed by atoms with van der Waals surface area (Å²) in [6.45, 7) is 5.88. The standard InChI is InChI=1S/C12H17N5O2/c1-8-14-11(19-16-8)15-10-13-6-12(18-10)7-17-4-2-9(12)3-5-17/h9H,2-7H2,1H3,(H,13,14,15,16)/t12-/m0/s1. The van der Waals surface area contributed by atoms with Crippen LogP contribution in [0, 0.1) is 12.8 Å². The number of aromatic nitrogens is 2. The molecule has 0 unspecified atom stereocenters. The van der Waals surface area contributed by atoms with Crippen LogP contribution in [0.5, 0.6) is 0 Å². The molecule has 2 bridgehead atoms. The van der Waals surface area contributed by atoms with Crippen molar-refractivity contribution in [1.29, 1.82) is 0 Å². The second-order valence-corrected chi connectivity index (χ2v) is 5.61. The molecule has 1 spiro atoms. The maximum Gasteiger partial charge on any atom is 0.329 e. The molecule has 5 heterocycles. The summed E-state index contributed by atoms with van der Waals surface area (Å²) in [5.41, 5.74) is -0.131. The Kier molecular flexibility index (Phi) is 2.32. The molecule has 1 N–H and O–H groups in total. The van der Waals surface area contributed by atoms with E-state index in [9.17, 15) is 0 Å². The predicted molar refractivity (Wildman–Crippen MR) is 67.9 cm³/mol. The van der Waals surface area contributed by atoms with Crippen LogP contribution >= 0.6 is 0 Å². The lowest BCUT2D eigenvalue weighted by Crippen LogP contribution is -2.61. The molecule has 0 aromatic carbocycles. The fourth-order valence-corrected chi connectivity index (χ4v) is 3.39. The zero-order valence-corrected chi connectivity index (χ0v) is 10.9. The first kappa shape index (κ1) is 11.2. The average molecular weight is 263 g/mol. The zero-order valence-electron chi connectivity index (χ0n) is 10.9. The van der Waals surface area contributed by atoms with Gasteiger partial charge in [-0.15, -0.1) is 0 Å². The number of anilines is 1. The molecule has 1 aromatic rings. The summed E-state index contributed by atoms with van der Waals surface area (Å²) >= 11 is 0. The number of amidine groups is 1. The van der Waals surface area contributed by atoms with E-state index in [0.717, 1.165) is 13.1 Å². The highest BCUT2D eigenvalue weighted by molar-refractivity contribution is 5.88. The first-order valence-corrected chi connectivity index (χ1v) is 6.77. The van der Waals surface area contributed by atoms with Crippen LogP contribution in [0.25, 0.3) is 0 Å². The topological polar surface area (TPSA) is 75.8 Å². The molecule has 7 heteroatoms. The van der Waals surface area contributed by atoms with E-state index in [1.807, 2.05) is 0 Å². The van der Waals surface area contributed by atoms with Gasteiger partial charge in [-0.2, -0.15) is 4.98 Å². The molecule has 3 saturated heterocycles. The van der Waals surface area contributed by atoms with Gasteiger partial charge in [0.15, 0.2) is 5.82 Å². The minimum Gasteiger partial charge on any atom is -0.455 e. The Morgan fingerprint density at radius 1 is 1.37 bits per heavy atom. The number of piperidine rings is 3. The Morgan fingerprint density at radius 3 is 2.84 bits per heavy atom. The molecule has 0 saturated carbocycles. The quantitative estimate of drug-likeness (QED) is 0.801. The molecule has 0 aliphatic carbocycles. The molecule has 4 aliphatic heterocycles. The van der Waals surface area contributed by atoms with E-state index >= 15 is 0 Å². The van der Waals surface area contributed by atoms with E-state index in [4.69, 9.17) is 9.26 Å². The largest absolute Gasteiger partial charge is 0.455 e. The molecule has 19 heavy (non-hydrogen) atoms. The molecule has 1 atom stereocenters. The summed E-state index contributed by atoms with van der Waals surface area (Å²) in [4.78, 5) is 11.0. The molecule has 4 aliphatic rings. The molecule has 7 nitrogen and oxygen atoms in total. The van der Waals surface area contributed by atoms with Gasteiger partial charge in [0.1, 0.15) is 5.60 Å². The van der Waals surface area contributed by atoms with E-state index < -0.39 is 0 Å². The monoisotopic (exact) mass is 263 g/mol. The van der Waals surface area contributed by atoms with Gasteiger partial charge in [0.05, 0.1) is 6.54 Å². The Bertz CT molecular complexity index is 520. The van der Waals surface area contributed by atoms with Gasteiger partial charge >= 0.3 is 6.01 Å². The molecule has 3 fully saturated rings. The van der Waals surface area contributed by atoms with E-state index in [-0.39, 0.29) is 5.60 Å². The Morgan fingerprint density at radius 2 is 2.21 bits per heavy atom. The van der Waals surface area contributed by atoms with E-state index in [0.29, 0.717) is 23.8 Å². The van der Waals surface area contributed by atoms with Crippen LogP contribution in [-0.2, 0) is 4.74 Å². The van der Waals surface area contributed by atoms with Gasteiger partial charge in [-0.1, -0.05) is 5.16 Å². The maximum atomic E-state index is 6.11. The number of aliphatic imine (C=N–C) groups is 1. The van der Waals surface area contributed by atoms with E-state index in [2.05, 4.69) is 25.3 Å². The number of ether oxygens (including phenoxy) is 1. The third kappa shape index (κ3) is 1.80. The molecular formula is C12H17N5O2. The number of aryl methyl sites for hydroxylation is 1. The summed E-state index contributed by atoms with van der Waals surface area (Å²) in [5, 5.41) is 6.70. The smallest absolute Gasteiger partial charge is 0.329 e. The number of hydrogen-bond acceptors (Lipinski definition) is 7. The SMILES string of the molecule is Cc1noc(NC2=NC[C@@]3(CN4CCC3CC4)O2)n1. The first-order chi connectivity index (χ1) is 9.23. The summed E-state index contributed by atoms with van der Waals surface area (Å²) < 4.78 is 11.1. The number of fused-ring (bicyclic) bond motifs is 2. The van der Waals surface area contributed by atoms with Gasteiger partial charge in [-0.3, -0.25) is 10.2 Å². The van der Waals surface area contributed by atoms with Gasteiger partial charge < -0.3 is 9.26 Å². The number of hydrogen-bond donors (Lipinski definition) is 1.